The number of aromatic amines is 1. The van der Waals surface area contributed by atoms with E-state index >= 15 is 0 Å². The molecule has 0 spiro atoms. The molecule has 1 N–H and O–H groups in total. The summed E-state index contributed by atoms with van der Waals surface area (Å²) in [5.41, 5.74) is 3.79. The lowest BCUT2D eigenvalue weighted by atomic mass is 10.1. The van der Waals surface area contributed by atoms with Crippen molar-refractivity contribution in [3.8, 4) is 17.3 Å². The van der Waals surface area contributed by atoms with Crippen LogP contribution in [-0.2, 0) is 0 Å². The first kappa shape index (κ1) is 13.1. The van der Waals surface area contributed by atoms with Gasteiger partial charge in [0.2, 0.25) is 5.88 Å². The molecule has 102 valence electrons. The van der Waals surface area contributed by atoms with E-state index in [4.69, 9.17) is 4.74 Å². The predicted octanol–water partition coefficient (Wildman–Crippen LogP) is 4.09. The Labute approximate surface area is 125 Å². The van der Waals surface area contributed by atoms with Crippen molar-refractivity contribution < 1.29 is 4.74 Å². The number of halogens is 1. The van der Waals surface area contributed by atoms with E-state index in [9.17, 15) is 0 Å². The standard InChI is InChI=1S/C15H14BrN3O/c1-3-20-13-8-7-12-15(18-13)19-14(17-12)10-5-4-6-11(16)9(10)2/h4-8H,3H2,1-2H3,(H,17,18,19). The Kier molecular flexibility index (Phi) is 3.44. The smallest absolute Gasteiger partial charge is 0.215 e. The molecule has 3 aromatic rings. The van der Waals surface area contributed by atoms with Gasteiger partial charge in [-0.1, -0.05) is 28.1 Å². The van der Waals surface area contributed by atoms with Crippen LogP contribution in [0.25, 0.3) is 22.6 Å². The molecule has 0 aliphatic carbocycles. The molecule has 1 aromatic carbocycles. The zero-order chi connectivity index (χ0) is 14.1. The van der Waals surface area contributed by atoms with Crippen molar-refractivity contribution in [3.63, 3.8) is 0 Å². The van der Waals surface area contributed by atoms with Crippen molar-refractivity contribution in [1.29, 1.82) is 0 Å². The number of H-pyrrole nitrogens is 1. The highest BCUT2D eigenvalue weighted by Gasteiger charge is 2.10. The lowest BCUT2D eigenvalue weighted by Gasteiger charge is -2.03. The summed E-state index contributed by atoms with van der Waals surface area (Å²) in [7, 11) is 0. The van der Waals surface area contributed by atoms with Crippen LogP contribution in [0.3, 0.4) is 0 Å². The Morgan fingerprint density at radius 1 is 1.20 bits per heavy atom. The van der Waals surface area contributed by atoms with Gasteiger partial charge in [-0.2, -0.15) is 4.98 Å². The van der Waals surface area contributed by atoms with E-state index in [1.807, 2.05) is 37.3 Å². The van der Waals surface area contributed by atoms with Crippen molar-refractivity contribution in [2.75, 3.05) is 6.61 Å². The highest BCUT2D eigenvalue weighted by atomic mass is 79.9. The summed E-state index contributed by atoms with van der Waals surface area (Å²) in [6, 6.07) is 9.85. The molecule has 20 heavy (non-hydrogen) atoms. The lowest BCUT2D eigenvalue weighted by molar-refractivity contribution is 0.328. The minimum atomic E-state index is 0.598. The average Bonchev–Trinajstić information content (AvgIpc) is 2.85. The average molecular weight is 332 g/mol. The molecule has 0 atom stereocenters. The number of nitrogens with one attached hydrogen (secondary N) is 1. The fraction of sp³-hybridized carbons (Fsp3) is 0.200. The third kappa shape index (κ3) is 2.29. The SMILES string of the molecule is CCOc1ccc2[nH]c(-c3cccc(Br)c3C)nc2n1. The summed E-state index contributed by atoms with van der Waals surface area (Å²) in [6.07, 6.45) is 0. The summed E-state index contributed by atoms with van der Waals surface area (Å²) >= 11 is 3.54. The Hall–Kier alpha value is -1.88. The number of aromatic nitrogens is 3. The summed E-state index contributed by atoms with van der Waals surface area (Å²) < 4.78 is 6.47. The first-order valence-electron chi connectivity index (χ1n) is 6.44. The van der Waals surface area contributed by atoms with Crippen LogP contribution < -0.4 is 4.74 Å². The second kappa shape index (κ2) is 5.25. The Morgan fingerprint density at radius 2 is 2.05 bits per heavy atom. The van der Waals surface area contributed by atoms with E-state index in [1.165, 1.54) is 0 Å². The minimum Gasteiger partial charge on any atom is -0.478 e. The number of nitrogens with zero attached hydrogens (tertiary/aromatic N) is 2. The van der Waals surface area contributed by atoms with Crippen LogP contribution in [0, 0.1) is 6.92 Å². The van der Waals surface area contributed by atoms with E-state index in [1.54, 1.807) is 0 Å². The fourth-order valence-electron chi connectivity index (χ4n) is 2.10. The number of benzene rings is 1. The van der Waals surface area contributed by atoms with Crippen molar-refractivity contribution in [1.82, 2.24) is 15.0 Å². The van der Waals surface area contributed by atoms with Gasteiger partial charge >= 0.3 is 0 Å². The van der Waals surface area contributed by atoms with E-state index in [0.29, 0.717) is 18.1 Å². The summed E-state index contributed by atoms with van der Waals surface area (Å²) in [5.74, 6) is 1.42. The van der Waals surface area contributed by atoms with Crippen molar-refractivity contribution in [2.24, 2.45) is 0 Å². The quantitative estimate of drug-likeness (QED) is 0.786. The van der Waals surface area contributed by atoms with Gasteiger partial charge < -0.3 is 9.72 Å². The molecule has 2 aromatic heterocycles. The van der Waals surface area contributed by atoms with E-state index in [-0.39, 0.29) is 0 Å². The molecule has 4 nitrogen and oxygen atoms in total. The molecule has 0 saturated heterocycles. The molecule has 0 radical (unpaired) electrons. The van der Waals surface area contributed by atoms with Gasteiger partial charge in [-0.25, -0.2) is 4.98 Å². The Balaban J connectivity index is 2.10. The molecular weight excluding hydrogens is 318 g/mol. The number of ether oxygens (including phenoxy) is 1. The predicted molar refractivity (Wildman–Crippen MR) is 82.9 cm³/mol. The number of rotatable bonds is 3. The summed E-state index contributed by atoms with van der Waals surface area (Å²) in [5, 5.41) is 0. The van der Waals surface area contributed by atoms with Crippen LogP contribution in [0.1, 0.15) is 12.5 Å². The maximum Gasteiger partial charge on any atom is 0.215 e. The van der Waals surface area contributed by atoms with Gasteiger partial charge in [0.05, 0.1) is 12.1 Å². The molecule has 0 aliphatic rings. The van der Waals surface area contributed by atoms with E-state index in [2.05, 4.69) is 37.8 Å². The van der Waals surface area contributed by atoms with Crippen molar-refractivity contribution >= 4 is 27.1 Å². The third-order valence-electron chi connectivity index (χ3n) is 3.14. The second-order valence-electron chi connectivity index (χ2n) is 4.45. The summed E-state index contributed by atoms with van der Waals surface area (Å²) in [6.45, 7) is 4.60. The Bertz CT molecular complexity index is 767. The molecule has 0 bridgehead atoms. The molecule has 0 aliphatic heterocycles. The van der Waals surface area contributed by atoms with Crippen LogP contribution in [0.15, 0.2) is 34.8 Å². The maximum atomic E-state index is 5.40. The van der Waals surface area contributed by atoms with Gasteiger partial charge in [-0.15, -0.1) is 0 Å². The molecule has 2 heterocycles. The zero-order valence-corrected chi connectivity index (χ0v) is 12.9. The first-order chi connectivity index (χ1) is 9.69. The number of hydrogen-bond acceptors (Lipinski definition) is 3. The number of imidazole rings is 1. The molecule has 0 amide bonds. The first-order valence-corrected chi connectivity index (χ1v) is 7.23. The number of hydrogen-bond donors (Lipinski definition) is 1. The van der Waals surface area contributed by atoms with Crippen LogP contribution in [-0.4, -0.2) is 21.6 Å². The van der Waals surface area contributed by atoms with Crippen LogP contribution in [0.4, 0.5) is 0 Å². The lowest BCUT2D eigenvalue weighted by Crippen LogP contribution is -1.93. The largest absolute Gasteiger partial charge is 0.478 e. The van der Waals surface area contributed by atoms with E-state index in [0.717, 1.165) is 26.9 Å². The van der Waals surface area contributed by atoms with Crippen molar-refractivity contribution in [3.05, 3.63) is 40.4 Å². The monoisotopic (exact) mass is 331 g/mol. The molecular formula is C15H14BrN3O. The topological polar surface area (TPSA) is 50.8 Å². The van der Waals surface area contributed by atoms with E-state index < -0.39 is 0 Å². The van der Waals surface area contributed by atoms with Crippen LogP contribution >= 0.6 is 15.9 Å². The normalized spacial score (nSPS) is 10.9. The highest BCUT2D eigenvalue weighted by Crippen LogP contribution is 2.28. The van der Waals surface area contributed by atoms with Gasteiger partial charge in [0.15, 0.2) is 5.65 Å². The van der Waals surface area contributed by atoms with Crippen LogP contribution in [0.5, 0.6) is 5.88 Å². The molecule has 3 rings (SSSR count). The number of pyridine rings is 1. The molecule has 5 heteroatoms. The molecule has 0 unspecified atom stereocenters. The van der Waals surface area contributed by atoms with Gasteiger partial charge in [-0.3, -0.25) is 0 Å². The van der Waals surface area contributed by atoms with Gasteiger partial charge in [0.1, 0.15) is 5.82 Å². The summed E-state index contributed by atoms with van der Waals surface area (Å²) in [4.78, 5) is 12.2. The molecule has 0 fully saturated rings. The highest BCUT2D eigenvalue weighted by molar-refractivity contribution is 9.10. The van der Waals surface area contributed by atoms with Gasteiger partial charge in [-0.05, 0) is 31.5 Å². The zero-order valence-electron chi connectivity index (χ0n) is 11.3. The molecule has 0 saturated carbocycles. The van der Waals surface area contributed by atoms with Gasteiger partial charge in [0.25, 0.3) is 0 Å². The fourth-order valence-corrected chi connectivity index (χ4v) is 2.46. The van der Waals surface area contributed by atoms with Crippen LogP contribution in [0.2, 0.25) is 0 Å². The third-order valence-corrected chi connectivity index (χ3v) is 3.99. The minimum absolute atomic E-state index is 0.598. The van der Waals surface area contributed by atoms with Crippen molar-refractivity contribution in [2.45, 2.75) is 13.8 Å². The number of fused-ring (bicyclic) bond motifs is 1. The Morgan fingerprint density at radius 3 is 2.85 bits per heavy atom. The van der Waals surface area contributed by atoms with Gasteiger partial charge in [0, 0.05) is 16.1 Å². The maximum absolute atomic E-state index is 5.40. The second-order valence-corrected chi connectivity index (χ2v) is 5.31.